The number of aromatic nitrogens is 1. The number of nitrogens with one attached hydrogen (secondary N) is 1. The summed E-state index contributed by atoms with van der Waals surface area (Å²) in [5, 5.41) is 3.85. The Kier molecular flexibility index (Phi) is 3.64. The molecule has 0 aliphatic carbocycles. The molecule has 0 saturated carbocycles. The first-order valence-corrected chi connectivity index (χ1v) is 5.94. The summed E-state index contributed by atoms with van der Waals surface area (Å²) in [5.41, 5.74) is 4.86. The molecule has 88 valence electrons. The van der Waals surface area contributed by atoms with E-state index in [1.54, 1.807) is 12.3 Å². The van der Waals surface area contributed by atoms with Gasteiger partial charge in [0.15, 0.2) is 0 Å². The molecule has 1 heterocycles. The fraction of sp³-hybridized carbons (Fsp3) is 0.214. The van der Waals surface area contributed by atoms with E-state index in [2.05, 4.69) is 42.3 Å². The zero-order valence-corrected chi connectivity index (χ0v) is 10.8. The van der Waals surface area contributed by atoms with Crippen LogP contribution < -0.4 is 5.32 Å². The van der Waals surface area contributed by atoms with Gasteiger partial charge in [-0.1, -0.05) is 35.4 Å². The maximum atomic E-state index is 5.74. The van der Waals surface area contributed by atoms with Crippen molar-refractivity contribution in [3.8, 4) is 0 Å². The van der Waals surface area contributed by atoms with Crippen LogP contribution in [0.5, 0.6) is 0 Å². The molecule has 0 radical (unpaired) electrons. The van der Waals surface area contributed by atoms with Gasteiger partial charge in [0.1, 0.15) is 5.15 Å². The van der Waals surface area contributed by atoms with Crippen molar-refractivity contribution in [2.75, 3.05) is 5.32 Å². The van der Waals surface area contributed by atoms with E-state index in [0.29, 0.717) is 5.15 Å². The Hall–Kier alpha value is -1.54. The lowest BCUT2D eigenvalue weighted by atomic mass is 10.1. The maximum Gasteiger partial charge on any atom is 0.129 e. The summed E-state index contributed by atoms with van der Waals surface area (Å²) >= 11 is 5.74. The minimum atomic E-state index is 0.516. The van der Waals surface area contributed by atoms with Crippen LogP contribution in [0.2, 0.25) is 5.15 Å². The lowest BCUT2D eigenvalue weighted by molar-refractivity contribution is 1.10. The average Bonchev–Trinajstić information content (AvgIpc) is 2.32. The quantitative estimate of drug-likeness (QED) is 0.829. The van der Waals surface area contributed by atoms with E-state index in [0.717, 1.165) is 12.2 Å². The molecular weight excluding hydrogens is 232 g/mol. The maximum absolute atomic E-state index is 5.74. The SMILES string of the molecule is Cc1ccc(C)c(CNc2ccc(Cl)nc2)c1. The Morgan fingerprint density at radius 2 is 2.00 bits per heavy atom. The van der Waals surface area contributed by atoms with E-state index in [9.17, 15) is 0 Å². The average molecular weight is 247 g/mol. The first kappa shape index (κ1) is 11.9. The predicted octanol–water partition coefficient (Wildman–Crippen LogP) is 3.96. The van der Waals surface area contributed by atoms with Gasteiger partial charge in [0.25, 0.3) is 0 Å². The molecule has 1 aromatic heterocycles. The van der Waals surface area contributed by atoms with Crippen molar-refractivity contribution in [3.05, 3.63) is 58.4 Å². The van der Waals surface area contributed by atoms with Gasteiger partial charge in [-0.3, -0.25) is 0 Å². The first-order chi connectivity index (χ1) is 8.15. The molecule has 0 atom stereocenters. The van der Waals surface area contributed by atoms with Gasteiger partial charge in [-0.2, -0.15) is 0 Å². The Bertz CT molecular complexity index is 506. The molecule has 0 spiro atoms. The number of nitrogens with zero attached hydrogens (tertiary/aromatic N) is 1. The van der Waals surface area contributed by atoms with Gasteiger partial charge in [-0.05, 0) is 37.1 Å². The van der Waals surface area contributed by atoms with E-state index in [1.165, 1.54) is 16.7 Å². The molecule has 1 N–H and O–H groups in total. The second-order valence-corrected chi connectivity index (χ2v) is 4.54. The van der Waals surface area contributed by atoms with Crippen molar-refractivity contribution < 1.29 is 0 Å². The zero-order chi connectivity index (χ0) is 12.3. The van der Waals surface area contributed by atoms with Gasteiger partial charge >= 0.3 is 0 Å². The molecule has 0 aliphatic rings. The van der Waals surface area contributed by atoms with Gasteiger partial charge in [-0.25, -0.2) is 4.98 Å². The summed E-state index contributed by atoms with van der Waals surface area (Å²) in [6.45, 7) is 5.03. The Morgan fingerprint density at radius 1 is 1.18 bits per heavy atom. The van der Waals surface area contributed by atoms with Gasteiger partial charge in [-0.15, -0.1) is 0 Å². The third kappa shape index (κ3) is 3.21. The molecule has 2 aromatic rings. The monoisotopic (exact) mass is 246 g/mol. The number of halogens is 1. The van der Waals surface area contributed by atoms with Crippen molar-refractivity contribution in [2.24, 2.45) is 0 Å². The van der Waals surface area contributed by atoms with Crippen molar-refractivity contribution in [3.63, 3.8) is 0 Å². The van der Waals surface area contributed by atoms with Crippen LogP contribution in [0.1, 0.15) is 16.7 Å². The van der Waals surface area contributed by atoms with Crippen LogP contribution in [0, 0.1) is 13.8 Å². The number of anilines is 1. The largest absolute Gasteiger partial charge is 0.380 e. The summed E-state index contributed by atoms with van der Waals surface area (Å²) in [5.74, 6) is 0. The summed E-state index contributed by atoms with van der Waals surface area (Å²) in [4.78, 5) is 4.03. The fourth-order valence-corrected chi connectivity index (χ4v) is 1.78. The molecule has 17 heavy (non-hydrogen) atoms. The lowest BCUT2D eigenvalue weighted by Gasteiger charge is -2.09. The van der Waals surface area contributed by atoms with Crippen molar-refractivity contribution in [1.29, 1.82) is 0 Å². The zero-order valence-electron chi connectivity index (χ0n) is 10.00. The lowest BCUT2D eigenvalue weighted by Crippen LogP contribution is -2.01. The fourth-order valence-electron chi connectivity index (χ4n) is 1.67. The van der Waals surface area contributed by atoms with Crippen LogP contribution in [0.4, 0.5) is 5.69 Å². The number of hydrogen-bond acceptors (Lipinski definition) is 2. The van der Waals surface area contributed by atoms with Crippen LogP contribution in [-0.4, -0.2) is 4.98 Å². The van der Waals surface area contributed by atoms with Crippen molar-refractivity contribution >= 4 is 17.3 Å². The molecule has 0 aliphatic heterocycles. The number of hydrogen-bond donors (Lipinski definition) is 1. The van der Waals surface area contributed by atoms with Crippen LogP contribution in [-0.2, 0) is 6.54 Å². The Morgan fingerprint density at radius 3 is 2.71 bits per heavy atom. The second-order valence-electron chi connectivity index (χ2n) is 4.15. The molecule has 0 saturated heterocycles. The highest BCUT2D eigenvalue weighted by molar-refractivity contribution is 6.29. The molecule has 0 amide bonds. The third-order valence-electron chi connectivity index (χ3n) is 2.71. The molecule has 0 unspecified atom stereocenters. The second kappa shape index (κ2) is 5.19. The van der Waals surface area contributed by atoms with E-state index < -0.39 is 0 Å². The normalized spacial score (nSPS) is 10.3. The number of benzene rings is 1. The summed E-state index contributed by atoms with van der Waals surface area (Å²) in [7, 11) is 0. The van der Waals surface area contributed by atoms with Gasteiger partial charge in [0.2, 0.25) is 0 Å². The van der Waals surface area contributed by atoms with Crippen molar-refractivity contribution in [2.45, 2.75) is 20.4 Å². The summed E-state index contributed by atoms with van der Waals surface area (Å²) in [6, 6.07) is 10.2. The molecule has 1 aromatic carbocycles. The molecule has 0 bridgehead atoms. The summed E-state index contributed by atoms with van der Waals surface area (Å²) in [6.07, 6.45) is 1.74. The standard InChI is InChI=1S/C14H15ClN2/c1-10-3-4-11(2)12(7-10)8-16-13-5-6-14(15)17-9-13/h3-7,9,16H,8H2,1-2H3. The van der Waals surface area contributed by atoms with Gasteiger partial charge in [0, 0.05) is 6.54 Å². The van der Waals surface area contributed by atoms with Crippen LogP contribution in [0.3, 0.4) is 0 Å². The minimum absolute atomic E-state index is 0.516. The molecule has 3 heteroatoms. The Balaban J connectivity index is 2.07. The van der Waals surface area contributed by atoms with Gasteiger partial charge in [0.05, 0.1) is 11.9 Å². The van der Waals surface area contributed by atoms with Crippen molar-refractivity contribution in [1.82, 2.24) is 4.98 Å². The molecule has 0 fully saturated rings. The highest BCUT2D eigenvalue weighted by atomic mass is 35.5. The Labute approximate surface area is 107 Å². The number of rotatable bonds is 3. The smallest absolute Gasteiger partial charge is 0.129 e. The topological polar surface area (TPSA) is 24.9 Å². The summed E-state index contributed by atoms with van der Waals surface area (Å²) < 4.78 is 0. The van der Waals surface area contributed by atoms with Crippen LogP contribution in [0.25, 0.3) is 0 Å². The van der Waals surface area contributed by atoms with E-state index in [-0.39, 0.29) is 0 Å². The van der Waals surface area contributed by atoms with Crippen LogP contribution >= 0.6 is 11.6 Å². The molecule has 2 rings (SSSR count). The molecule has 2 nitrogen and oxygen atoms in total. The van der Waals surface area contributed by atoms with Gasteiger partial charge < -0.3 is 5.32 Å². The highest BCUT2D eigenvalue weighted by Gasteiger charge is 1.99. The highest BCUT2D eigenvalue weighted by Crippen LogP contribution is 2.14. The number of pyridine rings is 1. The van der Waals surface area contributed by atoms with Crippen LogP contribution in [0.15, 0.2) is 36.5 Å². The van der Waals surface area contributed by atoms with E-state index in [1.807, 2.05) is 6.07 Å². The minimum Gasteiger partial charge on any atom is -0.380 e. The third-order valence-corrected chi connectivity index (χ3v) is 2.94. The number of aryl methyl sites for hydroxylation is 2. The predicted molar refractivity (Wildman–Crippen MR) is 72.5 cm³/mol. The van der Waals surface area contributed by atoms with E-state index >= 15 is 0 Å². The molecular formula is C14H15ClN2. The van der Waals surface area contributed by atoms with E-state index in [4.69, 9.17) is 11.6 Å². The first-order valence-electron chi connectivity index (χ1n) is 5.57.